The van der Waals surface area contributed by atoms with Gasteiger partial charge in [-0.15, -0.1) is 11.8 Å². The standard InChI is InChI=1S/C23H18N2O4S3/c1-30-18-9-5-6-15(12-18)24-20(26)14-25-22(27)19(32-23(25)28)13-16-10-11-21(29-16)31-17-7-3-2-4-8-17/h2-13H,14H2,1H3,(H,24,26)/b19-13-. The Morgan fingerprint density at radius 2 is 1.84 bits per heavy atom. The summed E-state index contributed by atoms with van der Waals surface area (Å²) in [4.78, 5) is 40.6. The van der Waals surface area contributed by atoms with Gasteiger partial charge in [-0.1, -0.05) is 36.0 Å². The fraction of sp³-hybridized carbons (Fsp3) is 0.0870. The van der Waals surface area contributed by atoms with Crippen molar-refractivity contribution in [3.8, 4) is 0 Å². The van der Waals surface area contributed by atoms with Crippen molar-refractivity contribution in [2.75, 3.05) is 18.1 Å². The van der Waals surface area contributed by atoms with Gasteiger partial charge in [0.15, 0.2) is 5.09 Å². The maximum Gasteiger partial charge on any atom is 0.294 e. The molecule has 3 amide bonds. The van der Waals surface area contributed by atoms with Gasteiger partial charge >= 0.3 is 0 Å². The first-order valence-electron chi connectivity index (χ1n) is 9.54. The molecule has 1 aliphatic rings. The molecule has 1 fully saturated rings. The number of rotatable bonds is 7. The molecule has 2 heterocycles. The lowest BCUT2D eigenvalue weighted by Crippen LogP contribution is -2.36. The first-order chi connectivity index (χ1) is 15.5. The first-order valence-corrected chi connectivity index (χ1v) is 12.4. The zero-order valence-electron chi connectivity index (χ0n) is 16.9. The Kier molecular flexibility index (Phi) is 7.09. The Balaban J connectivity index is 1.40. The van der Waals surface area contributed by atoms with Gasteiger partial charge in [0.25, 0.3) is 11.1 Å². The maximum atomic E-state index is 12.7. The van der Waals surface area contributed by atoms with Crippen LogP contribution in [0.15, 0.2) is 90.9 Å². The Bertz CT molecular complexity index is 1190. The normalized spacial score (nSPS) is 14.9. The number of nitrogens with zero attached hydrogens (tertiary/aromatic N) is 1. The molecule has 0 spiro atoms. The largest absolute Gasteiger partial charge is 0.450 e. The van der Waals surface area contributed by atoms with Gasteiger partial charge in [0, 0.05) is 21.6 Å². The number of furan rings is 1. The molecule has 0 atom stereocenters. The van der Waals surface area contributed by atoms with E-state index in [1.54, 1.807) is 23.9 Å². The third kappa shape index (κ3) is 5.48. The van der Waals surface area contributed by atoms with E-state index in [1.807, 2.05) is 60.9 Å². The molecule has 0 aliphatic carbocycles. The fourth-order valence-electron chi connectivity index (χ4n) is 2.88. The molecular weight excluding hydrogens is 464 g/mol. The third-order valence-corrected chi connectivity index (χ3v) is 6.93. The Morgan fingerprint density at radius 1 is 1.06 bits per heavy atom. The average molecular weight is 483 g/mol. The monoisotopic (exact) mass is 482 g/mol. The predicted octanol–water partition coefficient (Wildman–Crippen LogP) is 5.83. The third-order valence-electron chi connectivity index (χ3n) is 4.37. The van der Waals surface area contributed by atoms with Crippen molar-refractivity contribution in [2.24, 2.45) is 0 Å². The smallest absolute Gasteiger partial charge is 0.294 e. The highest BCUT2D eigenvalue weighted by atomic mass is 32.2. The molecule has 0 saturated carbocycles. The van der Waals surface area contributed by atoms with Gasteiger partial charge < -0.3 is 9.73 Å². The van der Waals surface area contributed by atoms with E-state index in [0.29, 0.717) is 16.5 Å². The number of imide groups is 1. The maximum absolute atomic E-state index is 12.7. The van der Waals surface area contributed by atoms with E-state index in [0.717, 1.165) is 26.5 Å². The molecule has 32 heavy (non-hydrogen) atoms. The fourth-order valence-corrected chi connectivity index (χ4v) is 4.96. The number of hydrogen-bond donors (Lipinski definition) is 1. The van der Waals surface area contributed by atoms with Crippen LogP contribution >= 0.6 is 35.3 Å². The summed E-state index contributed by atoms with van der Waals surface area (Å²) in [6.45, 7) is -0.348. The molecule has 4 rings (SSSR count). The van der Waals surface area contributed by atoms with Crippen LogP contribution in [0.25, 0.3) is 6.08 Å². The minimum Gasteiger partial charge on any atom is -0.450 e. The lowest BCUT2D eigenvalue weighted by Gasteiger charge is -2.12. The second-order valence-corrected chi connectivity index (χ2v) is 9.57. The molecule has 1 aromatic heterocycles. The summed E-state index contributed by atoms with van der Waals surface area (Å²) in [5.74, 6) is -0.486. The van der Waals surface area contributed by atoms with Crippen molar-refractivity contribution in [3.63, 3.8) is 0 Å². The van der Waals surface area contributed by atoms with Crippen LogP contribution in [0, 0.1) is 0 Å². The van der Waals surface area contributed by atoms with E-state index in [-0.39, 0.29) is 11.4 Å². The van der Waals surface area contributed by atoms with Crippen LogP contribution in [0.2, 0.25) is 0 Å². The number of amides is 3. The zero-order valence-corrected chi connectivity index (χ0v) is 19.4. The summed E-state index contributed by atoms with van der Waals surface area (Å²) >= 11 is 3.81. The second-order valence-electron chi connectivity index (χ2n) is 6.62. The molecule has 1 saturated heterocycles. The minimum atomic E-state index is -0.512. The number of carbonyl (C=O) groups excluding carboxylic acids is 3. The number of thioether (sulfide) groups is 2. The molecule has 3 aromatic rings. The molecule has 0 bridgehead atoms. The summed E-state index contributed by atoms with van der Waals surface area (Å²) < 4.78 is 5.76. The van der Waals surface area contributed by atoms with Gasteiger partial charge in [-0.25, -0.2) is 0 Å². The van der Waals surface area contributed by atoms with Crippen molar-refractivity contribution < 1.29 is 18.8 Å². The Hall–Kier alpha value is -2.88. The summed E-state index contributed by atoms with van der Waals surface area (Å²) in [6, 6.07) is 20.7. The van der Waals surface area contributed by atoms with Crippen molar-refractivity contribution in [1.29, 1.82) is 0 Å². The average Bonchev–Trinajstić information content (AvgIpc) is 3.33. The van der Waals surface area contributed by atoms with Crippen molar-refractivity contribution in [3.05, 3.63) is 77.4 Å². The molecule has 162 valence electrons. The number of hydrogen-bond acceptors (Lipinski definition) is 7. The van der Waals surface area contributed by atoms with Crippen molar-refractivity contribution in [1.82, 2.24) is 4.90 Å². The van der Waals surface area contributed by atoms with Gasteiger partial charge in [0.1, 0.15) is 12.3 Å². The minimum absolute atomic E-state index is 0.220. The van der Waals surface area contributed by atoms with Crippen LogP contribution in [-0.4, -0.2) is 34.8 Å². The molecule has 0 unspecified atom stereocenters. The lowest BCUT2D eigenvalue weighted by molar-refractivity contribution is -0.127. The topological polar surface area (TPSA) is 79.6 Å². The summed E-state index contributed by atoms with van der Waals surface area (Å²) in [7, 11) is 0. The van der Waals surface area contributed by atoms with E-state index in [4.69, 9.17) is 4.42 Å². The number of benzene rings is 2. The van der Waals surface area contributed by atoms with E-state index < -0.39 is 17.1 Å². The SMILES string of the molecule is CSc1cccc(NC(=O)CN2C(=O)S/C(=C\c3ccc(Sc4ccccc4)o3)C2=O)c1. The predicted molar refractivity (Wildman–Crippen MR) is 129 cm³/mol. The summed E-state index contributed by atoms with van der Waals surface area (Å²) in [5.41, 5.74) is 0.614. The molecule has 2 aromatic carbocycles. The van der Waals surface area contributed by atoms with E-state index in [2.05, 4.69) is 5.32 Å². The Morgan fingerprint density at radius 3 is 2.62 bits per heavy atom. The number of anilines is 1. The first kappa shape index (κ1) is 22.3. The van der Waals surface area contributed by atoms with E-state index >= 15 is 0 Å². The quantitative estimate of drug-likeness (QED) is 0.335. The highest BCUT2D eigenvalue weighted by molar-refractivity contribution is 8.18. The number of carbonyl (C=O) groups is 3. The molecule has 0 radical (unpaired) electrons. The summed E-state index contributed by atoms with van der Waals surface area (Å²) in [6.07, 6.45) is 3.47. The van der Waals surface area contributed by atoms with Crippen molar-refractivity contribution >= 4 is 64.1 Å². The Labute approximate surface area is 197 Å². The highest BCUT2D eigenvalue weighted by Gasteiger charge is 2.36. The van der Waals surface area contributed by atoms with Gasteiger partial charge in [-0.05, 0) is 60.5 Å². The molecule has 9 heteroatoms. The van der Waals surface area contributed by atoms with E-state index in [1.165, 1.54) is 17.8 Å². The van der Waals surface area contributed by atoms with Crippen LogP contribution in [0.3, 0.4) is 0 Å². The molecule has 1 N–H and O–H groups in total. The van der Waals surface area contributed by atoms with Crippen LogP contribution in [-0.2, 0) is 9.59 Å². The van der Waals surface area contributed by atoms with Crippen LogP contribution < -0.4 is 5.32 Å². The van der Waals surface area contributed by atoms with Gasteiger partial charge in [-0.3, -0.25) is 19.3 Å². The number of nitrogens with one attached hydrogen (secondary N) is 1. The van der Waals surface area contributed by atoms with Crippen molar-refractivity contribution in [2.45, 2.75) is 14.9 Å². The van der Waals surface area contributed by atoms with Crippen LogP contribution in [0.4, 0.5) is 10.5 Å². The van der Waals surface area contributed by atoms with Gasteiger partial charge in [-0.2, -0.15) is 0 Å². The molecule has 1 aliphatic heterocycles. The molecule has 6 nitrogen and oxygen atoms in total. The highest BCUT2D eigenvalue weighted by Crippen LogP contribution is 2.34. The lowest BCUT2D eigenvalue weighted by atomic mass is 10.3. The van der Waals surface area contributed by atoms with E-state index in [9.17, 15) is 14.4 Å². The van der Waals surface area contributed by atoms with Crippen LogP contribution in [0.1, 0.15) is 5.76 Å². The van der Waals surface area contributed by atoms with Gasteiger partial charge in [0.05, 0.1) is 4.91 Å². The zero-order chi connectivity index (χ0) is 22.5. The summed E-state index contributed by atoms with van der Waals surface area (Å²) in [5, 5.41) is 2.92. The molecular formula is C23H18N2O4S3. The van der Waals surface area contributed by atoms with Crippen LogP contribution in [0.5, 0.6) is 0 Å². The van der Waals surface area contributed by atoms with Gasteiger partial charge in [0.2, 0.25) is 5.91 Å². The second kappa shape index (κ2) is 10.2.